The van der Waals surface area contributed by atoms with Crippen molar-refractivity contribution in [1.29, 1.82) is 0 Å². The van der Waals surface area contributed by atoms with Crippen molar-refractivity contribution in [1.82, 2.24) is 9.97 Å². The minimum Gasteiger partial charge on any atom is -0.370 e. The van der Waals surface area contributed by atoms with Gasteiger partial charge in [0.15, 0.2) is 0 Å². The molecule has 0 bridgehead atoms. The van der Waals surface area contributed by atoms with Gasteiger partial charge in [0.25, 0.3) is 0 Å². The number of hydrogen-bond acceptors (Lipinski definition) is 4. The molecule has 0 fully saturated rings. The molecule has 1 heterocycles. The lowest BCUT2D eigenvalue weighted by Crippen LogP contribution is -2.24. The van der Waals surface area contributed by atoms with E-state index < -0.39 is 0 Å². The summed E-state index contributed by atoms with van der Waals surface area (Å²) in [6.07, 6.45) is 5.49. The Morgan fingerprint density at radius 1 is 1.05 bits per heavy atom. The summed E-state index contributed by atoms with van der Waals surface area (Å²) in [5.74, 6) is 1.69. The van der Waals surface area contributed by atoms with Gasteiger partial charge in [-0.05, 0) is 25.0 Å². The van der Waals surface area contributed by atoms with E-state index in [4.69, 9.17) is 0 Å². The van der Waals surface area contributed by atoms with Crippen LogP contribution in [0.5, 0.6) is 0 Å². The van der Waals surface area contributed by atoms with Gasteiger partial charge in [-0.15, -0.1) is 0 Å². The number of rotatable bonds is 9. The lowest BCUT2D eigenvalue weighted by Gasteiger charge is -2.21. The second kappa shape index (κ2) is 9.03. The SMILES string of the molecule is CCCCCNc1ccnc(N(CC)Cc2ccccc2)n1. The molecule has 4 nitrogen and oxygen atoms in total. The third kappa shape index (κ3) is 5.02. The molecule has 2 aromatic rings. The van der Waals surface area contributed by atoms with Crippen LogP contribution >= 0.6 is 0 Å². The van der Waals surface area contributed by atoms with Crippen molar-refractivity contribution in [2.75, 3.05) is 23.3 Å². The highest BCUT2D eigenvalue weighted by molar-refractivity contribution is 5.41. The summed E-state index contributed by atoms with van der Waals surface area (Å²) in [5, 5.41) is 3.38. The van der Waals surface area contributed by atoms with Gasteiger partial charge >= 0.3 is 0 Å². The molecule has 2 rings (SSSR count). The predicted molar refractivity (Wildman–Crippen MR) is 93.2 cm³/mol. The Bertz CT molecular complexity index is 542. The predicted octanol–water partition coefficient (Wildman–Crippen LogP) is 4.11. The molecule has 0 atom stereocenters. The monoisotopic (exact) mass is 298 g/mol. The van der Waals surface area contributed by atoms with E-state index in [2.05, 4.69) is 58.3 Å². The summed E-state index contributed by atoms with van der Waals surface area (Å²) in [6.45, 7) is 7.03. The maximum absolute atomic E-state index is 4.64. The lowest BCUT2D eigenvalue weighted by atomic mass is 10.2. The fourth-order valence-corrected chi connectivity index (χ4v) is 2.32. The Hall–Kier alpha value is -2.10. The molecule has 0 radical (unpaired) electrons. The first kappa shape index (κ1) is 16.3. The molecular weight excluding hydrogens is 272 g/mol. The van der Waals surface area contributed by atoms with Gasteiger partial charge in [-0.1, -0.05) is 50.1 Å². The second-order valence-corrected chi connectivity index (χ2v) is 5.38. The number of nitrogens with one attached hydrogen (secondary N) is 1. The number of anilines is 2. The van der Waals surface area contributed by atoms with Crippen LogP contribution in [0.3, 0.4) is 0 Å². The summed E-state index contributed by atoms with van der Waals surface area (Å²) in [5.41, 5.74) is 1.27. The molecule has 0 aliphatic heterocycles. The largest absolute Gasteiger partial charge is 0.370 e. The third-order valence-electron chi connectivity index (χ3n) is 3.61. The molecule has 0 aliphatic rings. The molecule has 1 N–H and O–H groups in total. The Morgan fingerprint density at radius 3 is 2.59 bits per heavy atom. The summed E-state index contributed by atoms with van der Waals surface area (Å²) in [6, 6.07) is 12.4. The summed E-state index contributed by atoms with van der Waals surface area (Å²) < 4.78 is 0. The number of unbranched alkanes of at least 4 members (excludes halogenated alkanes) is 2. The fourth-order valence-electron chi connectivity index (χ4n) is 2.32. The van der Waals surface area contributed by atoms with Crippen molar-refractivity contribution >= 4 is 11.8 Å². The van der Waals surface area contributed by atoms with E-state index in [0.29, 0.717) is 0 Å². The van der Waals surface area contributed by atoms with Crippen LogP contribution < -0.4 is 10.2 Å². The molecule has 0 amide bonds. The average molecular weight is 298 g/mol. The van der Waals surface area contributed by atoms with Crippen molar-refractivity contribution < 1.29 is 0 Å². The first-order chi connectivity index (χ1) is 10.8. The van der Waals surface area contributed by atoms with Gasteiger partial charge in [0.05, 0.1) is 0 Å². The van der Waals surface area contributed by atoms with Gasteiger partial charge in [-0.2, -0.15) is 4.98 Å². The van der Waals surface area contributed by atoms with Gasteiger partial charge in [0.2, 0.25) is 5.95 Å². The van der Waals surface area contributed by atoms with Crippen LogP contribution in [0, 0.1) is 0 Å². The molecule has 22 heavy (non-hydrogen) atoms. The molecule has 0 aliphatic carbocycles. The number of hydrogen-bond donors (Lipinski definition) is 1. The molecule has 0 unspecified atom stereocenters. The highest BCUT2D eigenvalue weighted by Crippen LogP contribution is 2.14. The minimum atomic E-state index is 0.784. The summed E-state index contributed by atoms with van der Waals surface area (Å²) in [7, 11) is 0. The minimum absolute atomic E-state index is 0.784. The van der Waals surface area contributed by atoms with Crippen LogP contribution in [0.4, 0.5) is 11.8 Å². The lowest BCUT2D eigenvalue weighted by molar-refractivity contribution is 0.740. The second-order valence-electron chi connectivity index (χ2n) is 5.38. The summed E-state index contributed by atoms with van der Waals surface area (Å²) >= 11 is 0. The Labute approximate surface area is 133 Å². The van der Waals surface area contributed by atoms with Crippen LogP contribution in [-0.4, -0.2) is 23.1 Å². The number of benzene rings is 1. The molecule has 1 aromatic carbocycles. The van der Waals surface area contributed by atoms with E-state index in [-0.39, 0.29) is 0 Å². The molecule has 118 valence electrons. The van der Waals surface area contributed by atoms with E-state index in [9.17, 15) is 0 Å². The van der Waals surface area contributed by atoms with Crippen LogP contribution in [-0.2, 0) is 6.54 Å². The van der Waals surface area contributed by atoms with E-state index >= 15 is 0 Å². The molecular formula is C18H26N4. The van der Waals surface area contributed by atoms with Gasteiger partial charge in [0, 0.05) is 25.8 Å². The standard InChI is InChI=1S/C18H26N4/c1-3-5-9-13-19-17-12-14-20-18(21-17)22(4-2)15-16-10-7-6-8-11-16/h6-8,10-12,14H,3-5,9,13,15H2,1-2H3,(H,19,20,21). The van der Waals surface area contributed by atoms with Crippen molar-refractivity contribution in [3.8, 4) is 0 Å². The zero-order chi connectivity index (χ0) is 15.6. The normalized spacial score (nSPS) is 10.5. The highest BCUT2D eigenvalue weighted by Gasteiger charge is 2.09. The first-order valence-electron chi connectivity index (χ1n) is 8.19. The van der Waals surface area contributed by atoms with Crippen molar-refractivity contribution in [3.05, 3.63) is 48.2 Å². The quantitative estimate of drug-likeness (QED) is 0.707. The molecule has 0 saturated heterocycles. The van der Waals surface area contributed by atoms with Gasteiger partial charge < -0.3 is 10.2 Å². The van der Waals surface area contributed by atoms with Crippen LogP contribution in [0.2, 0.25) is 0 Å². The van der Waals surface area contributed by atoms with E-state index in [1.807, 2.05) is 18.3 Å². The highest BCUT2D eigenvalue weighted by atomic mass is 15.3. The van der Waals surface area contributed by atoms with Crippen LogP contribution in [0.15, 0.2) is 42.6 Å². The molecule has 4 heteroatoms. The Morgan fingerprint density at radius 2 is 1.86 bits per heavy atom. The van der Waals surface area contributed by atoms with Gasteiger partial charge in [0.1, 0.15) is 5.82 Å². The summed E-state index contributed by atoms with van der Waals surface area (Å²) in [4.78, 5) is 11.3. The molecule has 0 spiro atoms. The van der Waals surface area contributed by atoms with Gasteiger partial charge in [-0.3, -0.25) is 0 Å². The smallest absolute Gasteiger partial charge is 0.227 e. The maximum Gasteiger partial charge on any atom is 0.227 e. The first-order valence-corrected chi connectivity index (χ1v) is 8.19. The van der Waals surface area contributed by atoms with Crippen molar-refractivity contribution in [2.24, 2.45) is 0 Å². The van der Waals surface area contributed by atoms with Gasteiger partial charge in [-0.25, -0.2) is 4.98 Å². The molecule has 0 saturated carbocycles. The Kier molecular flexibility index (Phi) is 6.68. The van der Waals surface area contributed by atoms with Crippen LogP contribution in [0.25, 0.3) is 0 Å². The van der Waals surface area contributed by atoms with E-state index in [0.717, 1.165) is 31.4 Å². The maximum atomic E-state index is 4.64. The number of nitrogens with zero attached hydrogens (tertiary/aromatic N) is 3. The van der Waals surface area contributed by atoms with E-state index in [1.165, 1.54) is 24.8 Å². The number of aromatic nitrogens is 2. The van der Waals surface area contributed by atoms with Crippen LogP contribution in [0.1, 0.15) is 38.7 Å². The van der Waals surface area contributed by atoms with Crippen molar-refractivity contribution in [2.45, 2.75) is 39.7 Å². The molecule has 1 aromatic heterocycles. The average Bonchev–Trinajstić information content (AvgIpc) is 2.58. The Balaban J connectivity index is 1.99. The topological polar surface area (TPSA) is 41.1 Å². The van der Waals surface area contributed by atoms with E-state index in [1.54, 1.807) is 0 Å². The fraction of sp³-hybridized carbons (Fsp3) is 0.444. The van der Waals surface area contributed by atoms with Crippen molar-refractivity contribution in [3.63, 3.8) is 0 Å². The third-order valence-corrected chi connectivity index (χ3v) is 3.61. The zero-order valence-corrected chi connectivity index (χ0v) is 13.6. The zero-order valence-electron chi connectivity index (χ0n) is 13.6.